The van der Waals surface area contributed by atoms with E-state index in [1.165, 1.54) is 32.9 Å². The highest BCUT2D eigenvalue weighted by atomic mass is 16.5. The highest BCUT2D eigenvalue weighted by molar-refractivity contribution is 5.95. The lowest BCUT2D eigenvalue weighted by molar-refractivity contribution is -0.136. The molecule has 3 aromatic rings. The van der Waals surface area contributed by atoms with Gasteiger partial charge in [0.15, 0.2) is 0 Å². The van der Waals surface area contributed by atoms with Crippen LogP contribution in [0, 0.1) is 13.8 Å². The van der Waals surface area contributed by atoms with Crippen LogP contribution < -0.4 is 43.4 Å². The Kier molecular flexibility index (Phi) is 47.4. The van der Waals surface area contributed by atoms with E-state index in [-0.39, 0.29) is 38.5 Å². The topological polar surface area (TPSA) is 289 Å². The van der Waals surface area contributed by atoms with Crippen molar-refractivity contribution in [2.24, 2.45) is 16.5 Å². The Morgan fingerprint density at radius 1 is 0.843 bits per heavy atom. The number of aryl methyl sites for hydroxylation is 2. The summed E-state index contributed by atoms with van der Waals surface area (Å²) in [4.78, 5) is 87.1. The van der Waals surface area contributed by atoms with E-state index in [4.69, 9.17) is 15.6 Å². The Morgan fingerprint density at radius 2 is 1.49 bits per heavy atom. The van der Waals surface area contributed by atoms with Crippen LogP contribution in [0.2, 0.25) is 0 Å². The molecule has 4 rings (SSSR count). The summed E-state index contributed by atoms with van der Waals surface area (Å²) in [6.45, 7) is 24.0. The van der Waals surface area contributed by atoms with Gasteiger partial charge in [-0.05, 0) is 82.0 Å². The summed E-state index contributed by atoms with van der Waals surface area (Å²) in [5, 5.41) is 26.0. The van der Waals surface area contributed by atoms with Crippen LogP contribution in [0.5, 0.6) is 5.75 Å². The molecule has 396 valence electrons. The van der Waals surface area contributed by atoms with E-state index in [0.29, 0.717) is 18.7 Å². The SMILES string of the molecule is CC.CC.CC1NC(=O)CN(C)C(=O)CNC(=O)CNC(=O)C(Cc2ccc3ccccc3c2)NC1=O.CCCN=CN.CCCNC(=O)CNC=O.CCCOCC.CN.Cc1ccc(O)c(C)c1. The molecule has 0 aliphatic carbocycles. The van der Waals surface area contributed by atoms with Crippen molar-refractivity contribution >= 4 is 59.0 Å². The zero-order valence-corrected chi connectivity index (χ0v) is 44.3. The quantitative estimate of drug-likeness (QED) is 0.0545. The van der Waals surface area contributed by atoms with Gasteiger partial charge in [-0.25, -0.2) is 0 Å². The molecule has 1 aliphatic heterocycles. The number of ether oxygens (including phenoxy) is 1. The molecule has 2 unspecified atom stereocenters. The van der Waals surface area contributed by atoms with E-state index in [2.05, 4.69) is 56.5 Å². The Bertz CT molecular complexity index is 1910. The maximum absolute atomic E-state index is 12.8. The largest absolute Gasteiger partial charge is 0.508 e. The third-order valence-electron chi connectivity index (χ3n) is 8.61. The van der Waals surface area contributed by atoms with E-state index in [1.54, 1.807) is 6.07 Å². The van der Waals surface area contributed by atoms with Gasteiger partial charge in [-0.2, -0.15) is 0 Å². The number of fused-ring (bicyclic) bond motifs is 1. The zero-order chi connectivity index (χ0) is 54.3. The number of carbonyl (C=O) groups excluding carboxylic acids is 7. The maximum Gasteiger partial charge on any atom is 0.243 e. The number of carbonyl (C=O) groups is 7. The number of phenols is 1. The van der Waals surface area contributed by atoms with Gasteiger partial charge in [0.2, 0.25) is 41.9 Å². The van der Waals surface area contributed by atoms with Gasteiger partial charge in [0, 0.05) is 39.8 Å². The lowest BCUT2D eigenvalue weighted by Crippen LogP contribution is -2.54. The maximum atomic E-state index is 12.8. The minimum Gasteiger partial charge on any atom is -0.508 e. The first-order chi connectivity index (χ1) is 33.6. The number of rotatable bonds is 12. The van der Waals surface area contributed by atoms with Gasteiger partial charge < -0.3 is 58.1 Å². The van der Waals surface area contributed by atoms with Crippen LogP contribution in [0.4, 0.5) is 0 Å². The fourth-order valence-corrected chi connectivity index (χ4v) is 5.18. The molecule has 1 fully saturated rings. The monoisotopic (exact) mass is 985 g/mol. The molecule has 0 radical (unpaired) electrons. The summed E-state index contributed by atoms with van der Waals surface area (Å²) in [7, 11) is 2.91. The first-order valence-electron chi connectivity index (χ1n) is 24.0. The van der Waals surface area contributed by atoms with Gasteiger partial charge in [-0.1, -0.05) is 109 Å². The number of hydrogen-bond donors (Lipinski definition) is 9. The molecule has 1 aliphatic rings. The smallest absolute Gasteiger partial charge is 0.243 e. The second-order valence-corrected chi connectivity index (χ2v) is 14.4. The van der Waals surface area contributed by atoms with Crippen LogP contribution >= 0.6 is 0 Å². The van der Waals surface area contributed by atoms with E-state index in [1.807, 2.05) is 110 Å². The van der Waals surface area contributed by atoms with Crippen molar-refractivity contribution in [1.29, 1.82) is 0 Å². The summed E-state index contributed by atoms with van der Waals surface area (Å²) in [6, 6.07) is 17.2. The predicted octanol–water partition coefficient (Wildman–Crippen LogP) is 3.79. The predicted molar refractivity (Wildman–Crippen MR) is 283 cm³/mol. The molecule has 0 bridgehead atoms. The number of amides is 7. The minimum absolute atomic E-state index is 0.0729. The Hall–Kier alpha value is -6.60. The van der Waals surface area contributed by atoms with Gasteiger partial charge in [-0.15, -0.1) is 0 Å². The summed E-state index contributed by atoms with van der Waals surface area (Å²) < 4.78 is 4.98. The molecule has 70 heavy (non-hydrogen) atoms. The Labute approximate surface area is 418 Å². The number of phenolic OH excluding ortho intramolecular Hbond substituents is 1. The second kappa shape index (κ2) is 47.5. The standard InChI is InChI=1S/C23H27N5O5.C8H10O.C6H12N2O2.C5H12O.C4H10N2.2C2H6.CH5N/c1-14-22(32)27-18(10-15-7-8-16-5-3-4-6-17(16)9-15)23(33)25-11-19(29)24-12-21(31)28(2)13-20(30)26-14;1-6-3-4-8(9)7(2)5-6;1-2-3-8-6(10)4-7-5-9;1-3-5-6-4-2;1-2-3-6-4-5;3*1-2/h3-9,14,18H,10-13H2,1-2H3,(H,24,29)(H,25,33)(H,26,30)(H,27,32);3-5,9H,1-2H3;5H,2-4H2,1H3,(H,7,9)(H,8,10);3-5H2,1-2H3;4H,2-3H2,1H3,(H2,5,6);2*1-2H3;2H2,1H3. The van der Waals surface area contributed by atoms with Crippen LogP contribution in [0.1, 0.15) is 98.3 Å². The fraction of sp³-hybridized carbons (Fsp3) is 0.529. The Balaban J connectivity index is -0.000000476. The first-order valence-corrected chi connectivity index (χ1v) is 24.0. The van der Waals surface area contributed by atoms with Gasteiger partial charge >= 0.3 is 0 Å². The highest BCUT2D eigenvalue weighted by Gasteiger charge is 2.26. The molecule has 0 spiro atoms. The summed E-state index contributed by atoms with van der Waals surface area (Å²) in [5.41, 5.74) is 12.4. The van der Waals surface area contributed by atoms with Crippen LogP contribution in [-0.2, 0) is 44.7 Å². The van der Waals surface area contributed by atoms with Crippen LogP contribution in [0.25, 0.3) is 10.8 Å². The normalized spacial score (nSPS) is 14.4. The second-order valence-electron chi connectivity index (χ2n) is 14.4. The summed E-state index contributed by atoms with van der Waals surface area (Å²) in [6.07, 6.45) is 5.15. The molecule has 19 nitrogen and oxygen atoms in total. The van der Waals surface area contributed by atoms with Crippen LogP contribution in [-0.4, -0.2) is 137 Å². The number of nitrogens with two attached hydrogens (primary N) is 2. The van der Waals surface area contributed by atoms with Crippen molar-refractivity contribution < 1.29 is 43.4 Å². The van der Waals surface area contributed by atoms with Crippen LogP contribution in [0.15, 0.2) is 65.7 Å². The van der Waals surface area contributed by atoms with Crippen molar-refractivity contribution in [2.45, 2.75) is 114 Å². The van der Waals surface area contributed by atoms with Gasteiger partial charge in [0.1, 0.15) is 17.8 Å². The fourth-order valence-electron chi connectivity index (χ4n) is 5.18. The molecule has 3 aromatic carbocycles. The average Bonchev–Trinajstić information content (AvgIpc) is 3.37. The molecular formula is C51H88N10O9. The molecule has 0 saturated carbocycles. The number of nitrogens with one attached hydrogen (secondary N) is 6. The minimum atomic E-state index is -0.972. The molecule has 1 saturated heterocycles. The number of aliphatic imine (C=N–C) groups is 1. The van der Waals surface area contributed by atoms with Crippen LogP contribution in [0.3, 0.4) is 0 Å². The lowest BCUT2D eigenvalue weighted by atomic mass is 10.0. The molecule has 7 amide bonds. The van der Waals surface area contributed by atoms with Gasteiger partial charge in [0.05, 0.1) is 32.5 Å². The van der Waals surface area contributed by atoms with Crippen molar-refractivity contribution in [2.75, 3.05) is 66.6 Å². The molecule has 0 aromatic heterocycles. The third-order valence-corrected chi connectivity index (χ3v) is 8.61. The van der Waals surface area contributed by atoms with E-state index < -0.39 is 41.6 Å². The van der Waals surface area contributed by atoms with Crippen molar-refractivity contribution in [3.63, 3.8) is 0 Å². The highest BCUT2D eigenvalue weighted by Crippen LogP contribution is 2.17. The van der Waals surface area contributed by atoms with E-state index in [9.17, 15) is 33.6 Å². The molecule has 11 N–H and O–H groups in total. The number of nitrogens with zero attached hydrogens (tertiary/aromatic N) is 2. The number of benzene rings is 3. The van der Waals surface area contributed by atoms with Crippen molar-refractivity contribution in [3.05, 3.63) is 77.4 Å². The molecule has 2 atom stereocenters. The summed E-state index contributed by atoms with van der Waals surface area (Å²) in [5.74, 6) is -2.46. The van der Waals surface area contributed by atoms with Gasteiger partial charge in [0.25, 0.3) is 0 Å². The lowest BCUT2D eigenvalue weighted by Gasteiger charge is -2.22. The number of likely N-dealkylation sites (N-methyl/N-ethyl adjacent to an activating group) is 1. The van der Waals surface area contributed by atoms with E-state index >= 15 is 0 Å². The number of aromatic hydroxyl groups is 1. The molecule has 1 heterocycles. The molecule has 19 heteroatoms. The zero-order valence-electron chi connectivity index (χ0n) is 44.3. The van der Waals surface area contributed by atoms with Crippen molar-refractivity contribution in [1.82, 2.24) is 36.8 Å². The van der Waals surface area contributed by atoms with Crippen molar-refractivity contribution in [3.8, 4) is 5.75 Å². The third kappa shape index (κ3) is 36.4. The number of hydrogen-bond acceptors (Lipinski definition) is 11. The average molecular weight is 985 g/mol. The van der Waals surface area contributed by atoms with E-state index in [0.717, 1.165) is 65.8 Å². The molecular weight excluding hydrogens is 897 g/mol. The first kappa shape index (κ1) is 70.0. The van der Waals surface area contributed by atoms with Gasteiger partial charge in [-0.3, -0.25) is 38.6 Å². The summed E-state index contributed by atoms with van der Waals surface area (Å²) >= 11 is 0. The Morgan fingerprint density at radius 3 is 2.00 bits per heavy atom.